The number of piperidine rings is 1. The van der Waals surface area contributed by atoms with Gasteiger partial charge >= 0.3 is 6.03 Å². The molecule has 2 fully saturated rings. The molecule has 20 heavy (non-hydrogen) atoms. The number of rotatable bonds is 3. The molecule has 2 N–H and O–H groups in total. The third-order valence-electron chi connectivity index (χ3n) is 4.14. The van der Waals surface area contributed by atoms with E-state index in [0.717, 1.165) is 17.8 Å². The topological polar surface area (TPSA) is 78.4 Å². The van der Waals surface area contributed by atoms with Gasteiger partial charge in [-0.1, -0.05) is 18.3 Å². The number of urea groups is 1. The number of aromatic nitrogens is 2. The summed E-state index contributed by atoms with van der Waals surface area (Å²) in [5.74, 6) is 0.884. The highest BCUT2D eigenvalue weighted by Crippen LogP contribution is 2.42. The molecule has 0 radical (unpaired) electrons. The maximum Gasteiger partial charge on any atom is 0.324 e. The number of likely N-dealkylation sites (tertiary alicyclic amines) is 1. The lowest BCUT2D eigenvalue weighted by Gasteiger charge is -2.38. The Morgan fingerprint density at radius 1 is 1.45 bits per heavy atom. The van der Waals surface area contributed by atoms with Crippen LogP contribution in [0.5, 0.6) is 0 Å². The highest BCUT2D eigenvalue weighted by molar-refractivity contribution is 7.15. The third kappa shape index (κ3) is 2.78. The monoisotopic (exact) mass is 296 g/mol. The van der Waals surface area contributed by atoms with Crippen molar-refractivity contribution in [2.45, 2.75) is 44.6 Å². The van der Waals surface area contributed by atoms with Crippen molar-refractivity contribution in [3.8, 4) is 0 Å². The summed E-state index contributed by atoms with van der Waals surface area (Å²) >= 11 is 1.46. The van der Waals surface area contributed by atoms with Crippen LogP contribution < -0.4 is 5.32 Å². The minimum Gasteiger partial charge on any atom is -0.394 e. The van der Waals surface area contributed by atoms with E-state index in [1.165, 1.54) is 24.2 Å². The highest BCUT2D eigenvalue weighted by Gasteiger charge is 2.32. The normalized spacial score (nSPS) is 26.6. The molecule has 2 aliphatic rings. The van der Waals surface area contributed by atoms with Crippen molar-refractivity contribution in [3.63, 3.8) is 0 Å². The second-order valence-electron chi connectivity index (χ2n) is 5.71. The smallest absolute Gasteiger partial charge is 0.324 e. The number of nitrogens with one attached hydrogen (secondary N) is 1. The predicted octanol–water partition coefficient (Wildman–Crippen LogP) is 2.04. The van der Waals surface area contributed by atoms with E-state index in [9.17, 15) is 9.90 Å². The fourth-order valence-corrected chi connectivity index (χ4v) is 3.63. The number of hydrogen-bond acceptors (Lipinski definition) is 5. The van der Waals surface area contributed by atoms with E-state index in [2.05, 4.69) is 22.4 Å². The van der Waals surface area contributed by atoms with Gasteiger partial charge in [0, 0.05) is 12.5 Å². The van der Waals surface area contributed by atoms with Gasteiger partial charge in [-0.25, -0.2) is 4.79 Å². The molecule has 7 heteroatoms. The van der Waals surface area contributed by atoms with Gasteiger partial charge in [0.2, 0.25) is 5.13 Å². The molecule has 110 valence electrons. The van der Waals surface area contributed by atoms with Gasteiger partial charge in [0.05, 0.1) is 12.6 Å². The van der Waals surface area contributed by atoms with E-state index >= 15 is 0 Å². The molecule has 3 rings (SSSR count). The van der Waals surface area contributed by atoms with E-state index in [4.69, 9.17) is 0 Å². The van der Waals surface area contributed by atoms with Crippen LogP contribution in [0, 0.1) is 5.92 Å². The van der Waals surface area contributed by atoms with Crippen LogP contribution >= 0.6 is 11.3 Å². The Morgan fingerprint density at radius 3 is 2.95 bits per heavy atom. The van der Waals surface area contributed by atoms with Gasteiger partial charge < -0.3 is 10.0 Å². The van der Waals surface area contributed by atoms with Crippen LogP contribution in [0.15, 0.2) is 0 Å². The average Bonchev–Trinajstić information content (AvgIpc) is 3.19. The summed E-state index contributed by atoms with van der Waals surface area (Å²) < 4.78 is 0. The van der Waals surface area contributed by atoms with Crippen LogP contribution in [0.3, 0.4) is 0 Å². The Hall–Kier alpha value is -1.21. The van der Waals surface area contributed by atoms with E-state index in [0.29, 0.717) is 23.5 Å². The molecule has 0 bridgehead atoms. The number of carbonyl (C=O) groups is 1. The molecular formula is C13H20N4O2S. The first-order valence-corrected chi connectivity index (χ1v) is 8.02. The number of amides is 2. The van der Waals surface area contributed by atoms with Crippen LogP contribution in [-0.4, -0.2) is 45.4 Å². The Labute approximate surface area is 122 Å². The Morgan fingerprint density at radius 2 is 2.25 bits per heavy atom. The molecule has 2 heterocycles. The highest BCUT2D eigenvalue weighted by atomic mass is 32.1. The maximum absolute atomic E-state index is 12.3. The first kappa shape index (κ1) is 13.8. The second-order valence-corrected chi connectivity index (χ2v) is 6.72. The number of aliphatic hydroxyl groups is 1. The molecule has 1 saturated heterocycles. The SMILES string of the molecule is CC1CCCN(C(=O)Nc2nnc(C3CC3)s2)C1CO. The summed E-state index contributed by atoms with van der Waals surface area (Å²) in [5.41, 5.74) is 0. The third-order valence-corrected chi connectivity index (χ3v) is 5.15. The summed E-state index contributed by atoms with van der Waals surface area (Å²) in [7, 11) is 0. The molecule has 1 aromatic rings. The van der Waals surface area contributed by atoms with Crippen molar-refractivity contribution in [2.75, 3.05) is 18.5 Å². The van der Waals surface area contributed by atoms with Crippen molar-refractivity contribution >= 4 is 22.5 Å². The largest absolute Gasteiger partial charge is 0.394 e. The number of nitrogens with zero attached hydrogens (tertiary/aromatic N) is 3. The summed E-state index contributed by atoms with van der Waals surface area (Å²) in [5, 5.41) is 22.0. The van der Waals surface area contributed by atoms with Gasteiger partial charge in [0.25, 0.3) is 0 Å². The van der Waals surface area contributed by atoms with Crippen molar-refractivity contribution in [2.24, 2.45) is 5.92 Å². The first-order chi connectivity index (χ1) is 9.69. The summed E-state index contributed by atoms with van der Waals surface area (Å²) in [4.78, 5) is 14.0. The fraction of sp³-hybridized carbons (Fsp3) is 0.769. The van der Waals surface area contributed by atoms with Gasteiger partial charge in [-0.05, 0) is 31.6 Å². The molecule has 1 aliphatic heterocycles. The van der Waals surface area contributed by atoms with Gasteiger partial charge in [-0.3, -0.25) is 5.32 Å². The molecule has 1 saturated carbocycles. The summed E-state index contributed by atoms with van der Waals surface area (Å²) in [6.45, 7) is 2.78. The van der Waals surface area contributed by atoms with Crippen LogP contribution in [0.25, 0.3) is 0 Å². The van der Waals surface area contributed by atoms with Gasteiger partial charge in [0.15, 0.2) is 0 Å². The molecule has 6 nitrogen and oxygen atoms in total. The Bertz CT molecular complexity index is 488. The minimum absolute atomic E-state index is 0.0119. The minimum atomic E-state index is -0.172. The standard InChI is InChI=1S/C13H20N4O2S/c1-8-3-2-6-17(10(8)7-18)13(19)14-12-16-15-11(20-12)9-4-5-9/h8-10,18H,2-7H2,1H3,(H,14,16,19). The number of aliphatic hydroxyl groups excluding tert-OH is 1. The van der Waals surface area contributed by atoms with Crippen LogP contribution in [-0.2, 0) is 0 Å². The van der Waals surface area contributed by atoms with Crippen molar-refractivity contribution in [1.29, 1.82) is 0 Å². The van der Waals surface area contributed by atoms with E-state index in [1.54, 1.807) is 4.90 Å². The molecule has 2 amide bonds. The van der Waals surface area contributed by atoms with Crippen molar-refractivity contribution in [1.82, 2.24) is 15.1 Å². The van der Waals surface area contributed by atoms with Crippen molar-refractivity contribution in [3.05, 3.63) is 5.01 Å². The molecule has 0 aromatic carbocycles. The van der Waals surface area contributed by atoms with Gasteiger partial charge in [-0.2, -0.15) is 0 Å². The number of hydrogen-bond donors (Lipinski definition) is 2. The number of anilines is 1. The van der Waals surface area contributed by atoms with E-state index < -0.39 is 0 Å². The molecule has 0 spiro atoms. The van der Waals surface area contributed by atoms with Crippen LogP contribution in [0.2, 0.25) is 0 Å². The molecule has 2 atom stereocenters. The molecular weight excluding hydrogens is 276 g/mol. The summed E-state index contributed by atoms with van der Waals surface area (Å²) in [6, 6.07) is -0.270. The maximum atomic E-state index is 12.3. The lowest BCUT2D eigenvalue weighted by molar-refractivity contribution is 0.0811. The lowest BCUT2D eigenvalue weighted by Crippen LogP contribution is -2.51. The Balaban J connectivity index is 1.64. The quantitative estimate of drug-likeness (QED) is 0.894. The summed E-state index contributed by atoms with van der Waals surface area (Å²) in [6.07, 6.45) is 4.39. The first-order valence-electron chi connectivity index (χ1n) is 7.21. The predicted molar refractivity (Wildman–Crippen MR) is 76.9 cm³/mol. The van der Waals surface area contributed by atoms with Crippen molar-refractivity contribution < 1.29 is 9.90 Å². The van der Waals surface area contributed by atoms with Crippen LogP contribution in [0.4, 0.5) is 9.93 Å². The lowest BCUT2D eigenvalue weighted by atomic mass is 9.91. The molecule has 1 aliphatic carbocycles. The Kier molecular flexibility index (Phi) is 3.89. The van der Waals surface area contributed by atoms with E-state index in [-0.39, 0.29) is 18.7 Å². The molecule has 1 aromatic heterocycles. The zero-order valence-corrected chi connectivity index (χ0v) is 12.4. The van der Waals surface area contributed by atoms with Gasteiger partial charge in [-0.15, -0.1) is 10.2 Å². The zero-order valence-electron chi connectivity index (χ0n) is 11.6. The van der Waals surface area contributed by atoms with Crippen LogP contribution in [0.1, 0.15) is 43.5 Å². The second kappa shape index (κ2) is 5.65. The fourth-order valence-electron chi connectivity index (χ4n) is 2.72. The average molecular weight is 296 g/mol. The zero-order chi connectivity index (χ0) is 14.1. The van der Waals surface area contributed by atoms with E-state index in [1.807, 2.05) is 0 Å². The molecule has 2 unspecified atom stereocenters. The number of carbonyl (C=O) groups excluding carboxylic acids is 1. The van der Waals surface area contributed by atoms with Gasteiger partial charge in [0.1, 0.15) is 5.01 Å².